The minimum absolute atomic E-state index is 0.0662. The van der Waals surface area contributed by atoms with Crippen molar-refractivity contribution in [3.05, 3.63) is 108 Å². The summed E-state index contributed by atoms with van der Waals surface area (Å²) in [5.41, 5.74) is 4.66. The summed E-state index contributed by atoms with van der Waals surface area (Å²) in [5.74, 6) is -1.58. The summed E-state index contributed by atoms with van der Waals surface area (Å²) in [4.78, 5) is 18.1. The zero-order valence-corrected chi connectivity index (χ0v) is 18.7. The van der Waals surface area contributed by atoms with Gasteiger partial charge in [-0.05, 0) is 65.9 Å². The molecule has 0 radical (unpaired) electrons. The molecule has 5 rings (SSSR count). The molecule has 1 fully saturated rings. The topological polar surface area (TPSA) is 48.1 Å². The van der Waals surface area contributed by atoms with Gasteiger partial charge in [-0.15, -0.1) is 0 Å². The van der Waals surface area contributed by atoms with Gasteiger partial charge in [-0.1, -0.05) is 43.0 Å². The van der Waals surface area contributed by atoms with E-state index in [1.807, 2.05) is 24.3 Å². The standard InChI is InChI=1S/C28H25F2N3O/c1-18(21-9-10-33(17-21)16-19-5-3-2-4-6-19)20-7-8-26-22(11-20)12-27(32-26)28(34)31-25-14-23(29)13-24(30)15-25/h2-8,11-15,21,32H,1,9-10,16-17H2,(H,31,34). The number of anilines is 1. The number of nitrogens with one attached hydrogen (secondary N) is 2. The van der Waals surface area contributed by atoms with Crippen LogP contribution in [0.3, 0.4) is 0 Å². The van der Waals surface area contributed by atoms with Crippen molar-refractivity contribution in [2.45, 2.75) is 13.0 Å². The van der Waals surface area contributed by atoms with Crippen LogP contribution in [-0.4, -0.2) is 28.9 Å². The van der Waals surface area contributed by atoms with E-state index < -0.39 is 17.5 Å². The second kappa shape index (κ2) is 9.23. The first-order chi connectivity index (χ1) is 16.4. The summed E-state index contributed by atoms with van der Waals surface area (Å²) in [7, 11) is 0. The maximum atomic E-state index is 13.4. The lowest BCUT2D eigenvalue weighted by Crippen LogP contribution is -2.20. The Morgan fingerprint density at radius 1 is 1.03 bits per heavy atom. The van der Waals surface area contributed by atoms with Gasteiger partial charge in [0.2, 0.25) is 0 Å². The highest BCUT2D eigenvalue weighted by Gasteiger charge is 2.25. The minimum atomic E-state index is -0.746. The van der Waals surface area contributed by atoms with Crippen LogP contribution >= 0.6 is 0 Å². The van der Waals surface area contributed by atoms with E-state index in [4.69, 9.17) is 0 Å². The number of hydrogen-bond donors (Lipinski definition) is 2. The molecule has 4 nitrogen and oxygen atoms in total. The first-order valence-corrected chi connectivity index (χ1v) is 11.3. The lowest BCUT2D eigenvalue weighted by molar-refractivity contribution is 0.102. The Morgan fingerprint density at radius 2 is 1.79 bits per heavy atom. The van der Waals surface area contributed by atoms with Crippen LogP contribution in [0.1, 0.15) is 28.0 Å². The number of halogens is 2. The van der Waals surface area contributed by atoms with E-state index in [1.165, 1.54) is 5.56 Å². The molecule has 6 heteroatoms. The van der Waals surface area contributed by atoms with Crippen molar-refractivity contribution in [2.75, 3.05) is 18.4 Å². The fraction of sp³-hybridized carbons (Fsp3) is 0.179. The fourth-order valence-corrected chi connectivity index (χ4v) is 4.62. The number of rotatable bonds is 6. The Hall–Kier alpha value is -3.77. The average molecular weight is 458 g/mol. The molecule has 2 heterocycles. The van der Waals surface area contributed by atoms with Crippen LogP contribution in [0, 0.1) is 17.6 Å². The van der Waals surface area contributed by atoms with E-state index in [1.54, 1.807) is 6.07 Å². The molecular formula is C28H25F2N3O. The molecule has 172 valence electrons. The van der Waals surface area contributed by atoms with Gasteiger partial charge >= 0.3 is 0 Å². The van der Waals surface area contributed by atoms with E-state index in [0.29, 0.717) is 11.6 Å². The second-order valence-electron chi connectivity index (χ2n) is 8.83. The van der Waals surface area contributed by atoms with Gasteiger partial charge in [0.05, 0.1) is 0 Å². The Kier molecular flexibility index (Phi) is 5.99. The molecular weight excluding hydrogens is 432 g/mol. The quantitative estimate of drug-likeness (QED) is 0.360. The number of carbonyl (C=O) groups is 1. The molecule has 0 saturated carbocycles. The number of fused-ring (bicyclic) bond motifs is 1. The average Bonchev–Trinajstić information content (AvgIpc) is 3.45. The third-order valence-corrected chi connectivity index (χ3v) is 6.37. The van der Waals surface area contributed by atoms with Crippen LogP contribution in [0.15, 0.2) is 79.4 Å². The number of likely N-dealkylation sites (tertiary alicyclic amines) is 1. The highest BCUT2D eigenvalue weighted by atomic mass is 19.1. The molecule has 1 saturated heterocycles. The number of H-pyrrole nitrogens is 1. The summed E-state index contributed by atoms with van der Waals surface area (Å²) in [5, 5.41) is 3.42. The van der Waals surface area contributed by atoms with E-state index in [0.717, 1.165) is 66.3 Å². The summed E-state index contributed by atoms with van der Waals surface area (Å²) >= 11 is 0. The summed E-state index contributed by atoms with van der Waals surface area (Å²) < 4.78 is 26.8. The van der Waals surface area contributed by atoms with Crippen molar-refractivity contribution in [2.24, 2.45) is 5.92 Å². The zero-order valence-electron chi connectivity index (χ0n) is 18.7. The lowest BCUT2D eigenvalue weighted by Gasteiger charge is -2.17. The molecule has 4 aromatic rings. The first-order valence-electron chi connectivity index (χ1n) is 11.3. The normalized spacial score (nSPS) is 16.1. The first kappa shape index (κ1) is 22.0. The van der Waals surface area contributed by atoms with Crippen LogP contribution in [0.25, 0.3) is 16.5 Å². The number of carbonyl (C=O) groups excluding carboxylic acids is 1. The van der Waals surface area contributed by atoms with Crippen molar-refractivity contribution >= 4 is 28.1 Å². The highest BCUT2D eigenvalue weighted by Crippen LogP contribution is 2.32. The number of benzene rings is 3. The maximum Gasteiger partial charge on any atom is 0.272 e. The van der Waals surface area contributed by atoms with Gasteiger partial charge in [-0.2, -0.15) is 0 Å². The van der Waals surface area contributed by atoms with E-state index in [2.05, 4.69) is 46.0 Å². The van der Waals surface area contributed by atoms with E-state index in [-0.39, 0.29) is 5.69 Å². The van der Waals surface area contributed by atoms with E-state index in [9.17, 15) is 13.6 Å². The third-order valence-electron chi connectivity index (χ3n) is 6.37. The van der Waals surface area contributed by atoms with Crippen molar-refractivity contribution in [1.82, 2.24) is 9.88 Å². The van der Waals surface area contributed by atoms with Crippen molar-refractivity contribution in [3.8, 4) is 0 Å². The van der Waals surface area contributed by atoms with Crippen LogP contribution in [0.2, 0.25) is 0 Å². The largest absolute Gasteiger partial charge is 0.351 e. The van der Waals surface area contributed by atoms with Crippen molar-refractivity contribution in [3.63, 3.8) is 0 Å². The number of aromatic amines is 1. The molecule has 1 aliphatic heterocycles. The molecule has 2 N–H and O–H groups in total. The van der Waals surface area contributed by atoms with Crippen LogP contribution in [0.4, 0.5) is 14.5 Å². The Balaban J connectivity index is 1.28. The summed E-state index contributed by atoms with van der Waals surface area (Å²) in [6.07, 6.45) is 1.06. The summed E-state index contributed by atoms with van der Waals surface area (Å²) in [6, 6.07) is 21.1. The monoisotopic (exact) mass is 457 g/mol. The molecule has 1 aliphatic rings. The number of aromatic nitrogens is 1. The van der Waals surface area contributed by atoms with Gasteiger partial charge in [-0.3, -0.25) is 9.69 Å². The van der Waals surface area contributed by atoms with Gasteiger partial charge < -0.3 is 10.3 Å². The lowest BCUT2D eigenvalue weighted by atomic mass is 9.92. The summed E-state index contributed by atoms with van der Waals surface area (Å²) in [6.45, 7) is 7.33. The molecule has 0 aliphatic carbocycles. The molecule has 0 bridgehead atoms. The van der Waals surface area contributed by atoms with E-state index >= 15 is 0 Å². The Labute approximate surface area is 196 Å². The molecule has 34 heavy (non-hydrogen) atoms. The van der Waals surface area contributed by atoms with Gasteiger partial charge in [0.1, 0.15) is 17.3 Å². The van der Waals surface area contributed by atoms with Crippen LogP contribution in [-0.2, 0) is 6.54 Å². The van der Waals surface area contributed by atoms with Crippen molar-refractivity contribution < 1.29 is 13.6 Å². The van der Waals surface area contributed by atoms with Gasteiger partial charge in [0.15, 0.2) is 0 Å². The molecule has 0 spiro atoms. The highest BCUT2D eigenvalue weighted by molar-refractivity contribution is 6.06. The fourth-order valence-electron chi connectivity index (χ4n) is 4.62. The van der Waals surface area contributed by atoms with Gasteiger partial charge in [-0.25, -0.2) is 8.78 Å². The van der Waals surface area contributed by atoms with Crippen LogP contribution in [0.5, 0.6) is 0 Å². The van der Waals surface area contributed by atoms with Crippen molar-refractivity contribution in [1.29, 1.82) is 0 Å². The van der Waals surface area contributed by atoms with Gasteiger partial charge in [0, 0.05) is 35.7 Å². The SMILES string of the molecule is C=C(c1ccc2[nH]c(C(=O)Nc3cc(F)cc(F)c3)cc2c1)C1CCN(Cc2ccccc2)C1. The second-order valence-corrected chi connectivity index (χ2v) is 8.83. The molecule has 1 atom stereocenters. The predicted molar refractivity (Wildman–Crippen MR) is 131 cm³/mol. The smallest absolute Gasteiger partial charge is 0.272 e. The third kappa shape index (κ3) is 4.77. The number of amides is 1. The molecule has 3 aromatic carbocycles. The maximum absolute atomic E-state index is 13.4. The Bertz CT molecular complexity index is 1340. The van der Waals surface area contributed by atoms with Crippen LogP contribution < -0.4 is 5.32 Å². The molecule has 1 unspecified atom stereocenters. The molecule has 1 amide bonds. The number of nitrogens with zero attached hydrogens (tertiary/aromatic N) is 1. The zero-order chi connectivity index (χ0) is 23.7. The Morgan fingerprint density at radius 3 is 2.56 bits per heavy atom. The predicted octanol–water partition coefficient (Wildman–Crippen LogP) is 6.23. The van der Waals surface area contributed by atoms with Gasteiger partial charge in [0.25, 0.3) is 5.91 Å². The minimum Gasteiger partial charge on any atom is -0.351 e. The number of hydrogen-bond acceptors (Lipinski definition) is 2. The molecule has 1 aromatic heterocycles.